The summed E-state index contributed by atoms with van der Waals surface area (Å²) in [7, 11) is 0. The van der Waals surface area contributed by atoms with Crippen molar-refractivity contribution in [3.8, 4) is 11.1 Å². The molecule has 0 radical (unpaired) electrons. The van der Waals surface area contributed by atoms with Crippen molar-refractivity contribution in [2.45, 2.75) is 12.5 Å². The molecule has 0 aromatic heterocycles. The lowest BCUT2D eigenvalue weighted by Gasteiger charge is -2.34. The summed E-state index contributed by atoms with van der Waals surface area (Å²) in [5.74, 6) is 0. The summed E-state index contributed by atoms with van der Waals surface area (Å²) in [6, 6.07) is 16.7. The largest absolute Gasteiger partial charge is 0.314 e. The summed E-state index contributed by atoms with van der Waals surface area (Å²) in [5.41, 5.74) is 2.85. The number of hydrogen-bond acceptors (Lipinski definition) is 2. The highest BCUT2D eigenvalue weighted by atomic mass is 19.3. The third-order valence-corrected chi connectivity index (χ3v) is 4.14. The Hall–Kier alpha value is -1.78. The molecule has 0 spiro atoms. The second-order valence-electron chi connectivity index (χ2n) is 5.55. The SMILES string of the molecule is FC(F)[C@H](c1ccc(-c2ccccc2)cc1)N1CCNCC1. The molecule has 3 rings (SSSR count). The predicted molar refractivity (Wildman–Crippen MR) is 85.1 cm³/mol. The van der Waals surface area contributed by atoms with Gasteiger partial charge in [0.05, 0.1) is 6.04 Å². The van der Waals surface area contributed by atoms with E-state index >= 15 is 0 Å². The summed E-state index contributed by atoms with van der Waals surface area (Å²) >= 11 is 0. The maximum absolute atomic E-state index is 13.5. The van der Waals surface area contributed by atoms with Crippen molar-refractivity contribution in [1.29, 1.82) is 0 Å². The van der Waals surface area contributed by atoms with E-state index in [1.807, 2.05) is 59.5 Å². The standard InChI is InChI=1S/C18H20F2N2/c19-18(20)17(22-12-10-21-11-13-22)16-8-6-15(7-9-16)14-4-2-1-3-5-14/h1-9,17-18,21H,10-13H2/t17-/m0/s1. The molecule has 1 fully saturated rings. The summed E-state index contributed by atoms with van der Waals surface area (Å²) in [5, 5.41) is 3.20. The van der Waals surface area contributed by atoms with E-state index in [9.17, 15) is 8.78 Å². The van der Waals surface area contributed by atoms with Crippen molar-refractivity contribution < 1.29 is 8.78 Å². The zero-order chi connectivity index (χ0) is 15.4. The fraction of sp³-hybridized carbons (Fsp3) is 0.333. The number of rotatable bonds is 4. The second kappa shape index (κ2) is 6.99. The highest BCUT2D eigenvalue weighted by molar-refractivity contribution is 5.63. The molecule has 1 saturated heterocycles. The fourth-order valence-electron chi connectivity index (χ4n) is 2.98. The van der Waals surface area contributed by atoms with Gasteiger partial charge in [0.15, 0.2) is 0 Å². The first-order valence-corrected chi connectivity index (χ1v) is 7.64. The van der Waals surface area contributed by atoms with Crippen molar-refractivity contribution in [1.82, 2.24) is 10.2 Å². The number of benzene rings is 2. The predicted octanol–water partition coefficient (Wildman–Crippen LogP) is 3.57. The first kappa shape index (κ1) is 15.1. The molecule has 116 valence electrons. The van der Waals surface area contributed by atoms with Crippen LogP contribution in [-0.4, -0.2) is 37.5 Å². The molecule has 4 heteroatoms. The first-order valence-electron chi connectivity index (χ1n) is 7.64. The van der Waals surface area contributed by atoms with Crippen LogP contribution in [-0.2, 0) is 0 Å². The van der Waals surface area contributed by atoms with Crippen LogP contribution in [0.15, 0.2) is 54.6 Å². The molecule has 2 nitrogen and oxygen atoms in total. The van der Waals surface area contributed by atoms with Crippen LogP contribution in [0.25, 0.3) is 11.1 Å². The van der Waals surface area contributed by atoms with Crippen LogP contribution in [0.1, 0.15) is 11.6 Å². The van der Waals surface area contributed by atoms with Gasteiger partial charge in [-0.05, 0) is 16.7 Å². The van der Waals surface area contributed by atoms with E-state index in [0.717, 1.165) is 24.2 Å². The van der Waals surface area contributed by atoms with E-state index < -0.39 is 12.5 Å². The number of nitrogens with zero attached hydrogens (tertiary/aromatic N) is 1. The Labute approximate surface area is 129 Å². The minimum absolute atomic E-state index is 0.662. The maximum atomic E-state index is 13.5. The van der Waals surface area contributed by atoms with Crippen LogP contribution in [0.4, 0.5) is 8.78 Å². The monoisotopic (exact) mass is 302 g/mol. The molecule has 0 bridgehead atoms. The molecule has 22 heavy (non-hydrogen) atoms. The van der Waals surface area contributed by atoms with Crippen molar-refractivity contribution in [3.63, 3.8) is 0 Å². The van der Waals surface area contributed by atoms with Gasteiger partial charge in [-0.15, -0.1) is 0 Å². The van der Waals surface area contributed by atoms with Gasteiger partial charge in [0.1, 0.15) is 0 Å². The summed E-state index contributed by atoms with van der Waals surface area (Å²) < 4.78 is 27.1. The molecular formula is C18H20F2N2. The summed E-state index contributed by atoms with van der Waals surface area (Å²) in [4.78, 5) is 1.87. The molecule has 1 N–H and O–H groups in total. The molecule has 1 heterocycles. The molecule has 0 saturated carbocycles. The lowest BCUT2D eigenvalue weighted by atomic mass is 9.99. The van der Waals surface area contributed by atoms with Crippen LogP contribution in [0.5, 0.6) is 0 Å². The quantitative estimate of drug-likeness (QED) is 0.929. The van der Waals surface area contributed by atoms with E-state index in [2.05, 4.69) is 5.32 Å². The van der Waals surface area contributed by atoms with Gasteiger partial charge in [0.2, 0.25) is 0 Å². The number of piperazine rings is 1. The minimum atomic E-state index is -2.37. The second-order valence-corrected chi connectivity index (χ2v) is 5.55. The zero-order valence-corrected chi connectivity index (χ0v) is 12.4. The van der Waals surface area contributed by atoms with Gasteiger partial charge in [-0.1, -0.05) is 54.6 Å². The summed E-state index contributed by atoms with van der Waals surface area (Å²) in [6.07, 6.45) is -2.37. The molecule has 1 aliphatic rings. The summed E-state index contributed by atoms with van der Waals surface area (Å²) in [6.45, 7) is 2.86. The lowest BCUT2D eigenvalue weighted by molar-refractivity contribution is 0.0182. The Bertz CT molecular complexity index is 578. The van der Waals surface area contributed by atoms with E-state index in [1.165, 1.54) is 0 Å². The number of nitrogens with one attached hydrogen (secondary N) is 1. The van der Waals surface area contributed by atoms with Gasteiger partial charge < -0.3 is 5.32 Å². The van der Waals surface area contributed by atoms with Crippen LogP contribution in [0, 0.1) is 0 Å². The average molecular weight is 302 g/mol. The number of alkyl halides is 2. The van der Waals surface area contributed by atoms with E-state index in [1.54, 1.807) is 0 Å². The molecule has 1 atom stereocenters. The Morgan fingerprint density at radius 1 is 0.818 bits per heavy atom. The van der Waals surface area contributed by atoms with Gasteiger partial charge in [-0.25, -0.2) is 8.78 Å². The minimum Gasteiger partial charge on any atom is -0.314 e. The van der Waals surface area contributed by atoms with Crippen molar-refractivity contribution >= 4 is 0 Å². The van der Waals surface area contributed by atoms with Crippen LogP contribution in [0.2, 0.25) is 0 Å². The van der Waals surface area contributed by atoms with Crippen LogP contribution >= 0.6 is 0 Å². The topological polar surface area (TPSA) is 15.3 Å². The van der Waals surface area contributed by atoms with Gasteiger partial charge in [0, 0.05) is 26.2 Å². The Morgan fingerprint density at radius 2 is 1.41 bits per heavy atom. The van der Waals surface area contributed by atoms with Gasteiger partial charge in [0.25, 0.3) is 6.43 Å². The Morgan fingerprint density at radius 3 is 2.00 bits per heavy atom. The lowest BCUT2D eigenvalue weighted by Crippen LogP contribution is -2.46. The van der Waals surface area contributed by atoms with Crippen molar-refractivity contribution in [2.75, 3.05) is 26.2 Å². The third kappa shape index (κ3) is 3.34. The highest BCUT2D eigenvalue weighted by Gasteiger charge is 2.29. The molecule has 2 aromatic carbocycles. The van der Waals surface area contributed by atoms with E-state index in [0.29, 0.717) is 18.7 Å². The van der Waals surface area contributed by atoms with Gasteiger partial charge in [-0.2, -0.15) is 0 Å². The number of halogens is 2. The maximum Gasteiger partial charge on any atom is 0.258 e. The zero-order valence-electron chi connectivity index (χ0n) is 12.4. The first-order chi connectivity index (χ1) is 10.8. The van der Waals surface area contributed by atoms with Crippen LogP contribution < -0.4 is 5.32 Å². The van der Waals surface area contributed by atoms with E-state index in [4.69, 9.17) is 0 Å². The molecule has 1 aliphatic heterocycles. The molecule has 0 unspecified atom stereocenters. The fourth-order valence-corrected chi connectivity index (χ4v) is 2.98. The van der Waals surface area contributed by atoms with E-state index in [-0.39, 0.29) is 0 Å². The average Bonchev–Trinajstić information content (AvgIpc) is 2.57. The van der Waals surface area contributed by atoms with Gasteiger partial charge >= 0.3 is 0 Å². The normalized spacial score (nSPS) is 17.6. The van der Waals surface area contributed by atoms with Gasteiger partial charge in [-0.3, -0.25) is 4.90 Å². The third-order valence-electron chi connectivity index (χ3n) is 4.14. The number of hydrogen-bond donors (Lipinski definition) is 1. The van der Waals surface area contributed by atoms with Crippen LogP contribution in [0.3, 0.4) is 0 Å². The Balaban J connectivity index is 1.83. The van der Waals surface area contributed by atoms with Crippen molar-refractivity contribution in [2.24, 2.45) is 0 Å². The molecular weight excluding hydrogens is 282 g/mol. The molecule has 0 amide bonds. The Kier molecular flexibility index (Phi) is 4.80. The highest BCUT2D eigenvalue weighted by Crippen LogP contribution is 2.29. The van der Waals surface area contributed by atoms with Crippen molar-refractivity contribution in [3.05, 3.63) is 60.2 Å². The molecule has 2 aromatic rings. The smallest absolute Gasteiger partial charge is 0.258 e. The molecule has 0 aliphatic carbocycles.